The van der Waals surface area contributed by atoms with E-state index in [1.165, 1.54) is 0 Å². The van der Waals surface area contributed by atoms with Gasteiger partial charge in [0, 0.05) is 20.3 Å². The number of aliphatic hydroxyl groups is 1. The van der Waals surface area contributed by atoms with Crippen LogP contribution in [0.1, 0.15) is 32.6 Å². The number of methoxy groups -OCH3 is 1. The quantitative estimate of drug-likeness (QED) is 0.656. The van der Waals surface area contributed by atoms with E-state index in [1.54, 1.807) is 7.11 Å². The second kappa shape index (κ2) is 5.69. The predicted octanol–water partition coefficient (Wildman–Crippen LogP) is 1.16. The summed E-state index contributed by atoms with van der Waals surface area (Å²) in [5.41, 5.74) is -0.446. The van der Waals surface area contributed by atoms with E-state index in [-0.39, 0.29) is 0 Å². The van der Waals surface area contributed by atoms with Crippen LogP contribution in [0.2, 0.25) is 0 Å². The first-order valence-corrected chi connectivity index (χ1v) is 5.65. The molecule has 0 aliphatic carbocycles. The Hall–Kier alpha value is -0.120. The van der Waals surface area contributed by atoms with E-state index in [0.717, 1.165) is 45.4 Å². The standard InChI is InChI=1S/C11H23NO2/c1-3-10-9-12-7-6-11(10,13)5-4-8-14-2/h10,12-13H,3-9H2,1-2H3. The minimum atomic E-state index is -0.446. The number of rotatable bonds is 5. The van der Waals surface area contributed by atoms with E-state index in [9.17, 15) is 5.11 Å². The monoisotopic (exact) mass is 201 g/mol. The highest BCUT2D eigenvalue weighted by Gasteiger charge is 2.36. The molecule has 0 spiro atoms. The second-order valence-electron chi connectivity index (χ2n) is 4.26. The van der Waals surface area contributed by atoms with Crippen LogP contribution in [-0.4, -0.2) is 37.5 Å². The summed E-state index contributed by atoms with van der Waals surface area (Å²) in [4.78, 5) is 0. The number of hydrogen-bond donors (Lipinski definition) is 2. The summed E-state index contributed by atoms with van der Waals surface area (Å²) in [6.45, 7) is 4.81. The van der Waals surface area contributed by atoms with Crippen molar-refractivity contribution < 1.29 is 9.84 Å². The number of hydrogen-bond acceptors (Lipinski definition) is 3. The third-order valence-electron chi connectivity index (χ3n) is 3.34. The van der Waals surface area contributed by atoms with Crippen molar-refractivity contribution in [2.24, 2.45) is 5.92 Å². The molecule has 0 amide bonds. The molecular weight excluding hydrogens is 178 g/mol. The van der Waals surface area contributed by atoms with Gasteiger partial charge in [0.2, 0.25) is 0 Å². The first-order valence-electron chi connectivity index (χ1n) is 5.65. The average Bonchev–Trinajstić information content (AvgIpc) is 2.19. The summed E-state index contributed by atoms with van der Waals surface area (Å²) in [6.07, 6.45) is 3.77. The van der Waals surface area contributed by atoms with Gasteiger partial charge in [0.05, 0.1) is 5.60 Å². The van der Waals surface area contributed by atoms with Gasteiger partial charge in [-0.1, -0.05) is 6.92 Å². The summed E-state index contributed by atoms with van der Waals surface area (Å²) < 4.78 is 5.02. The van der Waals surface area contributed by atoms with Crippen LogP contribution in [0.4, 0.5) is 0 Å². The molecule has 0 radical (unpaired) electrons. The van der Waals surface area contributed by atoms with Gasteiger partial charge >= 0.3 is 0 Å². The number of ether oxygens (including phenoxy) is 1. The molecule has 14 heavy (non-hydrogen) atoms. The average molecular weight is 201 g/mol. The van der Waals surface area contributed by atoms with Gasteiger partial charge in [-0.15, -0.1) is 0 Å². The van der Waals surface area contributed by atoms with Gasteiger partial charge in [0.1, 0.15) is 0 Å². The zero-order valence-corrected chi connectivity index (χ0v) is 9.38. The van der Waals surface area contributed by atoms with E-state index in [0.29, 0.717) is 5.92 Å². The van der Waals surface area contributed by atoms with Crippen molar-refractivity contribution in [2.75, 3.05) is 26.8 Å². The molecule has 1 saturated heterocycles. The lowest BCUT2D eigenvalue weighted by molar-refractivity contribution is -0.0532. The van der Waals surface area contributed by atoms with Crippen molar-refractivity contribution in [3.05, 3.63) is 0 Å². The molecule has 2 atom stereocenters. The van der Waals surface area contributed by atoms with Crippen LogP contribution in [0.15, 0.2) is 0 Å². The van der Waals surface area contributed by atoms with Crippen LogP contribution in [0.5, 0.6) is 0 Å². The van der Waals surface area contributed by atoms with Crippen molar-refractivity contribution in [2.45, 2.75) is 38.2 Å². The molecule has 0 aromatic carbocycles. The SMILES string of the molecule is CCC1CNCCC1(O)CCCOC. The Morgan fingerprint density at radius 1 is 1.57 bits per heavy atom. The Morgan fingerprint density at radius 3 is 3.00 bits per heavy atom. The van der Waals surface area contributed by atoms with Crippen LogP contribution in [-0.2, 0) is 4.74 Å². The van der Waals surface area contributed by atoms with Crippen molar-refractivity contribution in [3.63, 3.8) is 0 Å². The fraction of sp³-hybridized carbons (Fsp3) is 1.00. The first kappa shape index (κ1) is 12.0. The van der Waals surface area contributed by atoms with E-state index >= 15 is 0 Å². The maximum absolute atomic E-state index is 10.5. The highest BCUT2D eigenvalue weighted by molar-refractivity contribution is 4.91. The van der Waals surface area contributed by atoms with Crippen LogP contribution >= 0.6 is 0 Å². The number of nitrogens with one attached hydrogen (secondary N) is 1. The van der Waals surface area contributed by atoms with Gasteiger partial charge in [-0.3, -0.25) is 0 Å². The zero-order valence-electron chi connectivity index (χ0n) is 9.38. The van der Waals surface area contributed by atoms with Crippen molar-refractivity contribution in [3.8, 4) is 0 Å². The Morgan fingerprint density at radius 2 is 2.36 bits per heavy atom. The van der Waals surface area contributed by atoms with Gasteiger partial charge < -0.3 is 15.2 Å². The van der Waals surface area contributed by atoms with E-state index in [1.807, 2.05) is 0 Å². The second-order valence-corrected chi connectivity index (χ2v) is 4.26. The fourth-order valence-electron chi connectivity index (χ4n) is 2.35. The van der Waals surface area contributed by atoms with Gasteiger partial charge in [-0.2, -0.15) is 0 Å². The summed E-state index contributed by atoms with van der Waals surface area (Å²) in [6, 6.07) is 0. The van der Waals surface area contributed by atoms with E-state index < -0.39 is 5.60 Å². The normalized spacial score (nSPS) is 33.2. The molecule has 0 saturated carbocycles. The lowest BCUT2D eigenvalue weighted by atomic mass is 9.77. The van der Waals surface area contributed by atoms with Crippen molar-refractivity contribution in [1.29, 1.82) is 0 Å². The zero-order chi connectivity index (χ0) is 10.4. The lowest BCUT2D eigenvalue weighted by Gasteiger charge is -2.40. The molecule has 1 fully saturated rings. The third-order valence-corrected chi connectivity index (χ3v) is 3.34. The van der Waals surface area contributed by atoms with Crippen LogP contribution in [0, 0.1) is 5.92 Å². The maximum atomic E-state index is 10.5. The highest BCUT2D eigenvalue weighted by Crippen LogP contribution is 2.31. The molecule has 2 unspecified atom stereocenters. The van der Waals surface area contributed by atoms with E-state index in [2.05, 4.69) is 12.2 Å². The molecule has 1 heterocycles. The predicted molar refractivity (Wildman–Crippen MR) is 57.3 cm³/mol. The Kier molecular flexibility index (Phi) is 4.85. The molecule has 2 N–H and O–H groups in total. The molecular formula is C11H23NO2. The minimum absolute atomic E-state index is 0.410. The minimum Gasteiger partial charge on any atom is -0.390 e. The first-order chi connectivity index (χ1) is 6.73. The van der Waals surface area contributed by atoms with Crippen LogP contribution in [0.3, 0.4) is 0 Å². The molecule has 1 aliphatic heterocycles. The van der Waals surface area contributed by atoms with Gasteiger partial charge in [0.15, 0.2) is 0 Å². The summed E-state index contributed by atoms with van der Waals surface area (Å²) in [5, 5.41) is 13.8. The number of piperidine rings is 1. The molecule has 3 heteroatoms. The summed E-state index contributed by atoms with van der Waals surface area (Å²) >= 11 is 0. The van der Waals surface area contributed by atoms with Crippen molar-refractivity contribution in [1.82, 2.24) is 5.32 Å². The Labute approximate surface area is 86.8 Å². The molecule has 3 nitrogen and oxygen atoms in total. The molecule has 0 aromatic heterocycles. The highest BCUT2D eigenvalue weighted by atomic mass is 16.5. The van der Waals surface area contributed by atoms with E-state index in [4.69, 9.17) is 4.74 Å². The Balaban J connectivity index is 2.41. The fourth-order valence-corrected chi connectivity index (χ4v) is 2.35. The Bertz CT molecular complexity index is 163. The molecule has 84 valence electrons. The largest absolute Gasteiger partial charge is 0.390 e. The molecule has 0 aromatic rings. The van der Waals surface area contributed by atoms with Gasteiger partial charge in [-0.25, -0.2) is 0 Å². The van der Waals surface area contributed by atoms with Gasteiger partial charge in [-0.05, 0) is 38.1 Å². The van der Waals surface area contributed by atoms with Gasteiger partial charge in [0.25, 0.3) is 0 Å². The third kappa shape index (κ3) is 2.94. The smallest absolute Gasteiger partial charge is 0.0700 e. The molecule has 0 bridgehead atoms. The lowest BCUT2D eigenvalue weighted by Crippen LogP contribution is -2.50. The van der Waals surface area contributed by atoms with Crippen molar-refractivity contribution >= 4 is 0 Å². The molecule has 1 aliphatic rings. The summed E-state index contributed by atoms with van der Waals surface area (Å²) in [5.74, 6) is 0.410. The van der Waals surface area contributed by atoms with Crippen LogP contribution < -0.4 is 5.32 Å². The molecule has 1 rings (SSSR count). The summed E-state index contributed by atoms with van der Waals surface area (Å²) in [7, 11) is 1.71. The van der Waals surface area contributed by atoms with Crippen LogP contribution in [0.25, 0.3) is 0 Å². The maximum Gasteiger partial charge on any atom is 0.0700 e. The topological polar surface area (TPSA) is 41.5 Å².